The fraction of sp³-hybridized carbons (Fsp3) is 0.391. The summed E-state index contributed by atoms with van der Waals surface area (Å²) in [5.41, 5.74) is 3.20. The zero-order valence-corrected chi connectivity index (χ0v) is 16.8. The number of imide groups is 1. The minimum Gasteiger partial charge on any atom is -0.296 e. The highest BCUT2D eigenvalue weighted by Crippen LogP contribution is 2.54. The Bertz CT molecular complexity index is 904. The first kappa shape index (κ1) is 17.8. The van der Waals surface area contributed by atoms with E-state index in [2.05, 4.69) is 30.3 Å². The largest absolute Gasteiger partial charge is 0.333 e. The van der Waals surface area contributed by atoms with Crippen molar-refractivity contribution in [3.05, 3.63) is 65.7 Å². The molecule has 0 bridgehead atoms. The number of amides is 3. The number of rotatable bonds is 2. The predicted molar refractivity (Wildman–Crippen MR) is 113 cm³/mol. The van der Waals surface area contributed by atoms with Gasteiger partial charge in [-0.3, -0.25) is 9.69 Å². The first-order valence-electron chi connectivity index (χ1n) is 10.0. The standard InChI is InChI=1S/C23H24N2O2S/c1-16-7-9-19(10-8-16)24-21(26)20-15-28-23(25(20)22(24)27)13-11-18(12-14-23)17-5-3-2-4-6-17/h2-10,18,20H,11-15H2,1H3/t18?,20-,23?/m0/s1. The topological polar surface area (TPSA) is 40.6 Å². The Hall–Kier alpha value is -2.27. The zero-order chi connectivity index (χ0) is 19.3. The number of benzene rings is 2. The molecule has 1 spiro atoms. The highest BCUT2D eigenvalue weighted by Gasteiger charge is 2.60. The maximum absolute atomic E-state index is 13.3. The highest BCUT2D eigenvalue weighted by atomic mass is 32.2. The van der Waals surface area contributed by atoms with Gasteiger partial charge in [-0.1, -0.05) is 48.0 Å². The van der Waals surface area contributed by atoms with Crippen LogP contribution in [0, 0.1) is 6.92 Å². The summed E-state index contributed by atoms with van der Waals surface area (Å²) in [6.07, 6.45) is 4.03. The number of aryl methyl sites for hydroxylation is 1. The van der Waals surface area contributed by atoms with Crippen LogP contribution in [0.4, 0.5) is 10.5 Å². The lowest BCUT2D eigenvalue weighted by molar-refractivity contribution is -0.119. The number of carbonyl (C=O) groups excluding carboxylic acids is 2. The molecule has 2 aliphatic heterocycles. The Labute approximate surface area is 169 Å². The molecule has 1 saturated carbocycles. The molecule has 2 heterocycles. The average Bonchev–Trinajstić information content (AvgIpc) is 3.21. The van der Waals surface area contributed by atoms with Crippen LogP contribution in [0.15, 0.2) is 54.6 Å². The Morgan fingerprint density at radius 2 is 1.64 bits per heavy atom. The summed E-state index contributed by atoms with van der Waals surface area (Å²) in [6, 6.07) is 17.9. The van der Waals surface area contributed by atoms with Crippen LogP contribution in [-0.4, -0.2) is 33.5 Å². The lowest BCUT2D eigenvalue weighted by Crippen LogP contribution is -2.49. The predicted octanol–water partition coefficient (Wildman–Crippen LogP) is 4.93. The van der Waals surface area contributed by atoms with Gasteiger partial charge in [-0.15, -0.1) is 11.8 Å². The van der Waals surface area contributed by atoms with Gasteiger partial charge in [0.15, 0.2) is 0 Å². The number of carbonyl (C=O) groups is 2. The van der Waals surface area contributed by atoms with Gasteiger partial charge in [0.05, 0.1) is 10.6 Å². The van der Waals surface area contributed by atoms with Gasteiger partial charge in [0.2, 0.25) is 0 Å². The normalized spacial score (nSPS) is 29.6. The third-order valence-corrected chi connectivity index (χ3v) is 8.12. The maximum atomic E-state index is 13.3. The van der Waals surface area contributed by atoms with Crippen molar-refractivity contribution in [2.24, 2.45) is 0 Å². The molecule has 5 heteroatoms. The second-order valence-electron chi connectivity index (χ2n) is 8.12. The molecule has 28 heavy (non-hydrogen) atoms. The van der Waals surface area contributed by atoms with Gasteiger partial charge in [-0.25, -0.2) is 9.69 Å². The molecule has 2 saturated heterocycles. The summed E-state index contributed by atoms with van der Waals surface area (Å²) in [6.45, 7) is 2.01. The summed E-state index contributed by atoms with van der Waals surface area (Å²) >= 11 is 1.82. The highest BCUT2D eigenvalue weighted by molar-refractivity contribution is 8.01. The van der Waals surface area contributed by atoms with Crippen molar-refractivity contribution >= 4 is 29.4 Å². The first-order chi connectivity index (χ1) is 13.6. The van der Waals surface area contributed by atoms with Crippen molar-refractivity contribution in [3.63, 3.8) is 0 Å². The fourth-order valence-electron chi connectivity index (χ4n) is 4.95. The van der Waals surface area contributed by atoms with Gasteiger partial charge in [0, 0.05) is 5.75 Å². The van der Waals surface area contributed by atoms with Gasteiger partial charge in [-0.05, 0) is 56.2 Å². The molecule has 4 nitrogen and oxygen atoms in total. The van der Waals surface area contributed by atoms with E-state index in [4.69, 9.17) is 0 Å². The number of hydrogen-bond donors (Lipinski definition) is 0. The molecule has 144 valence electrons. The fourth-order valence-corrected chi connectivity index (χ4v) is 6.58. The van der Waals surface area contributed by atoms with Gasteiger partial charge in [0.25, 0.3) is 5.91 Å². The number of thioether (sulfide) groups is 1. The molecule has 3 aliphatic rings. The summed E-state index contributed by atoms with van der Waals surface area (Å²) < 4.78 is 0. The molecule has 3 amide bonds. The molecule has 1 atom stereocenters. The average molecular weight is 393 g/mol. The van der Waals surface area contributed by atoms with Gasteiger partial charge >= 0.3 is 6.03 Å². The minimum atomic E-state index is -0.313. The maximum Gasteiger partial charge on any atom is 0.333 e. The van der Waals surface area contributed by atoms with E-state index >= 15 is 0 Å². The number of urea groups is 1. The van der Waals surface area contributed by atoms with Crippen molar-refractivity contribution in [2.75, 3.05) is 10.7 Å². The SMILES string of the molecule is Cc1ccc(N2C(=O)[C@@H]3CSC4(CCC(c5ccccc5)CC4)N3C2=O)cc1. The van der Waals surface area contributed by atoms with E-state index in [0.717, 1.165) is 31.2 Å². The van der Waals surface area contributed by atoms with E-state index < -0.39 is 0 Å². The van der Waals surface area contributed by atoms with Crippen LogP contribution in [0.5, 0.6) is 0 Å². The second kappa shape index (κ2) is 6.66. The second-order valence-corrected chi connectivity index (χ2v) is 9.50. The van der Waals surface area contributed by atoms with Gasteiger partial charge in [0.1, 0.15) is 6.04 Å². The first-order valence-corrected chi connectivity index (χ1v) is 11.0. The quantitative estimate of drug-likeness (QED) is 0.680. The minimum absolute atomic E-state index is 0.0663. The summed E-state index contributed by atoms with van der Waals surface area (Å²) in [4.78, 5) is 29.5. The Kier molecular flexibility index (Phi) is 4.23. The van der Waals surface area contributed by atoms with E-state index in [0.29, 0.717) is 17.4 Å². The molecule has 3 fully saturated rings. The van der Waals surface area contributed by atoms with Crippen LogP contribution in [-0.2, 0) is 4.79 Å². The lowest BCUT2D eigenvalue weighted by Gasteiger charge is -2.42. The van der Waals surface area contributed by atoms with E-state index in [9.17, 15) is 9.59 Å². The Balaban J connectivity index is 1.38. The third-order valence-electron chi connectivity index (χ3n) is 6.49. The van der Waals surface area contributed by atoms with Crippen LogP contribution in [0.1, 0.15) is 42.7 Å². The van der Waals surface area contributed by atoms with Crippen LogP contribution in [0.3, 0.4) is 0 Å². The van der Waals surface area contributed by atoms with Crippen molar-refractivity contribution in [1.29, 1.82) is 0 Å². The molecule has 0 aromatic heterocycles. The van der Waals surface area contributed by atoms with E-state index in [1.54, 1.807) is 0 Å². The molecule has 0 unspecified atom stereocenters. The summed E-state index contributed by atoms with van der Waals surface area (Å²) in [5.74, 6) is 1.19. The number of fused-ring (bicyclic) bond motifs is 2. The van der Waals surface area contributed by atoms with E-state index in [1.807, 2.05) is 47.9 Å². The molecular formula is C23H24N2O2S. The molecular weight excluding hydrogens is 368 g/mol. The third kappa shape index (κ3) is 2.67. The summed E-state index contributed by atoms with van der Waals surface area (Å²) in [7, 11) is 0. The summed E-state index contributed by atoms with van der Waals surface area (Å²) in [5, 5.41) is 0. The van der Waals surface area contributed by atoms with E-state index in [-0.39, 0.29) is 22.9 Å². The van der Waals surface area contributed by atoms with Crippen LogP contribution >= 0.6 is 11.8 Å². The number of anilines is 1. The van der Waals surface area contributed by atoms with Crippen molar-refractivity contribution in [3.8, 4) is 0 Å². The Morgan fingerprint density at radius 3 is 2.32 bits per heavy atom. The molecule has 2 aromatic rings. The van der Waals surface area contributed by atoms with Gasteiger partial charge < -0.3 is 0 Å². The smallest absolute Gasteiger partial charge is 0.296 e. The van der Waals surface area contributed by atoms with Crippen LogP contribution in [0.25, 0.3) is 0 Å². The van der Waals surface area contributed by atoms with Crippen LogP contribution in [0.2, 0.25) is 0 Å². The lowest BCUT2D eigenvalue weighted by atomic mass is 9.80. The monoisotopic (exact) mass is 392 g/mol. The molecule has 2 aromatic carbocycles. The zero-order valence-electron chi connectivity index (χ0n) is 16.0. The van der Waals surface area contributed by atoms with E-state index in [1.165, 1.54) is 10.5 Å². The molecule has 0 radical (unpaired) electrons. The van der Waals surface area contributed by atoms with Gasteiger partial charge in [-0.2, -0.15) is 0 Å². The molecule has 0 N–H and O–H groups in total. The van der Waals surface area contributed by atoms with Crippen molar-refractivity contribution in [1.82, 2.24) is 4.90 Å². The van der Waals surface area contributed by atoms with Crippen molar-refractivity contribution in [2.45, 2.75) is 49.4 Å². The number of nitrogens with zero attached hydrogens (tertiary/aromatic N) is 2. The molecule has 1 aliphatic carbocycles. The van der Waals surface area contributed by atoms with Crippen LogP contribution < -0.4 is 4.90 Å². The molecule has 5 rings (SSSR count). The Morgan fingerprint density at radius 1 is 0.964 bits per heavy atom. The van der Waals surface area contributed by atoms with Crippen molar-refractivity contribution < 1.29 is 9.59 Å². The number of hydrogen-bond acceptors (Lipinski definition) is 3.